The second kappa shape index (κ2) is 5.14. The minimum atomic E-state index is -0.514. The zero-order valence-corrected chi connectivity index (χ0v) is 12.5. The maximum atomic E-state index is 12.1. The number of hydrogen-bond acceptors (Lipinski definition) is 4. The van der Waals surface area contributed by atoms with Crippen LogP contribution in [0.3, 0.4) is 0 Å². The summed E-state index contributed by atoms with van der Waals surface area (Å²) in [5.74, 6) is -0.721. The molecule has 2 aromatic rings. The van der Waals surface area contributed by atoms with Crippen molar-refractivity contribution in [1.29, 1.82) is 0 Å². The molecule has 0 fully saturated rings. The van der Waals surface area contributed by atoms with E-state index in [-0.39, 0.29) is 5.91 Å². The van der Waals surface area contributed by atoms with Crippen LogP contribution in [0.4, 0.5) is 5.00 Å². The second-order valence-corrected chi connectivity index (χ2v) is 6.73. The molecule has 0 aliphatic rings. The number of carbonyl (C=O) groups is 2. The molecule has 0 aliphatic heterocycles. The van der Waals surface area contributed by atoms with Gasteiger partial charge in [-0.05, 0) is 38.5 Å². The van der Waals surface area contributed by atoms with Crippen molar-refractivity contribution in [2.45, 2.75) is 20.8 Å². The standard InChI is InChI=1S/C13H14N2O2S2/c1-6-4-5-9(18-6)12(17)15-13-10(11(14)16)7(2)8(3)19-13/h4-5H,1-3H3,(H2,14,16)(H,15,17). The molecule has 19 heavy (non-hydrogen) atoms. The van der Waals surface area contributed by atoms with Crippen LogP contribution >= 0.6 is 22.7 Å². The predicted octanol–water partition coefficient (Wildman–Crippen LogP) is 3.09. The van der Waals surface area contributed by atoms with Gasteiger partial charge in [-0.25, -0.2) is 0 Å². The Morgan fingerprint density at radius 3 is 2.37 bits per heavy atom. The summed E-state index contributed by atoms with van der Waals surface area (Å²) in [4.78, 5) is 26.2. The molecule has 2 heterocycles. The fraction of sp³-hybridized carbons (Fsp3) is 0.231. The number of nitrogens with one attached hydrogen (secondary N) is 1. The summed E-state index contributed by atoms with van der Waals surface area (Å²) in [6.45, 7) is 5.67. The maximum absolute atomic E-state index is 12.1. The Hall–Kier alpha value is -1.66. The number of amides is 2. The van der Waals surface area contributed by atoms with Gasteiger partial charge in [0, 0.05) is 9.75 Å². The lowest BCUT2D eigenvalue weighted by atomic mass is 10.1. The van der Waals surface area contributed by atoms with Gasteiger partial charge in [-0.3, -0.25) is 9.59 Å². The van der Waals surface area contributed by atoms with Crippen molar-refractivity contribution < 1.29 is 9.59 Å². The van der Waals surface area contributed by atoms with Crippen LogP contribution in [0.25, 0.3) is 0 Å². The van der Waals surface area contributed by atoms with E-state index in [9.17, 15) is 9.59 Å². The zero-order chi connectivity index (χ0) is 14.2. The summed E-state index contributed by atoms with van der Waals surface area (Å²) in [6.07, 6.45) is 0. The van der Waals surface area contributed by atoms with Gasteiger partial charge in [0.05, 0.1) is 10.4 Å². The fourth-order valence-corrected chi connectivity index (χ4v) is 3.56. The summed E-state index contributed by atoms with van der Waals surface area (Å²) >= 11 is 2.79. The zero-order valence-electron chi connectivity index (χ0n) is 10.9. The van der Waals surface area contributed by atoms with Crippen LogP contribution in [-0.2, 0) is 0 Å². The number of anilines is 1. The van der Waals surface area contributed by atoms with Gasteiger partial charge < -0.3 is 11.1 Å². The third-order valence-corrected chi connectivity index (χ3v) is 4.95. The van der Waals surface area contributed by atoms with Crippen molar-refractivity contribution in [3.8, 4) is 0 Å². The number of primary amides is 1. The van der Waals surface area contributed by atoms with Crippen LogP contribution in [0.15, 0.2) is 12.1 Å². The highest BCUT2D eigenvalue weighted by atomic mass is 32.1. The molecule has 0 bridgehead atoms. The molecule has 0 saturated heterocycles. The molecule has 2 amide bonds. The summed E-state index contributed by atoms with van der Waals surface area (Å²) in [7, 11) is 0. The van der Waals surface area contributed by atoms with Crippen LogP contribution < -0.4 is 11.1 Å². The normalized spacial score (nSPS) is 10.5. The number of thiophene rings is 2. The van der Waals surface area contributed by atoms with Gasteiger partial charge >= 0.3 is 0 Å². The molecule has 3 N–H and O–H groups in total. The van der Waals surface area contributed by atoms with Crippen LogP contribution in [0.1, 0.15) is 35.3 Å². The SMILES string of the molecule is Cc1ccc(C(=O)Nc2sc(C)c(C)c2C(N)=O)s1. The smallest absolute Gasteiger partial charge is 0.266 e. The quantitative estimate of drug-likeness (QED) is 0.913. The molecule has 0 unspecified atom stereocenters. The fourth-order valence-electron chi connectivity index (χ4n) is 1.73. The van der Waals surface area contributed by atoms with Gasteiger partial charge in [-0.1, -0.05) is 0 Å². The van der Waals surface area contributed by atoms with Crippen LogP contribution in [-0.4, -0.2) is 11.8 Å². The first kappa shape index (κ1) is 13.8. The van der Waals surface area contributed by atoms with Crippen molar-refractivity contribution in [3.05, 3.63) is 37.9 Å². The lowest BCUT2D eigenvalue weighted by molar-refractivity contribution is 0.100. The Bertz CT molecular complexity index is 656. The van der Waals surface area contributed by atoms with E-state index in [0.29, 0.717) is 15.4 Å². The summed E-state index contributed by atoms with van der Waals surface area (Å²) < 4.78 is 0. The minimum Gasteiger partial charge on any atom is -0.365 e. The highest BCUT2D eigenvalue weighted by molar-refractivity contribution is 7.17. The van der Waals surface area contributed by atoms with E-state index in [0.717, 1.165) is 15.3 Å². The molecular weight excluding hydrogens is 280 g/mol. The highest BCUT2D eigenvalue weighted by Gasteiger charge is 2.19. The van der Waals surface area contributed by atoms with Gasteiger partial charge in [-0.15, -0.1) is 22.7 Å². The predicted molar refractivity (Wildman–Crippen MR) is 79.3 cm³/mol. The average molecular weight is 294 g/mol. The van der Waals surface area contributed by atoms with Crippen molar-refractivity contribution >= 4 is 39.5 Å². The second-order valence-electron chi connectivity index (χ2n) is 4.22. The van der Waals surface area contributed by atoms with Gasteiger partial charge in [-0.2, -0.15) is 0 Å². The van der Waals surface area contributed by atoms with E-state index in [1.165, 1.54) is 22.7 Å². The van der Waals surface area contributed by atoms with Crippen LogP contribution in [0.5, 0.6) is 0 Å². The molecule has 0 atom stereocenters. The van der Waals surface area contributed by atoms with Crippen molar-refractivity contribution in [1.82, 2.24) is 0 Å². The lowest BCUT2D eigenvalue weighted by Crippen LogP contribution is -2.16. The molecule has 6 heteroatoms. The molecule has 2 rings (SSSR count). The van der Waals surface area contributed by atoms with E-state index in [1.54, 1.807) is 6.07 Å². The molecule has 100 valence electrons. The Morgan fingerprint density at radius 1 is 1.16 bits per heavy atom. The Balaban J connectivity index is 2.31. The first-order valence-corrected chi connectivity index (χ1v) is 7.31. The summed E-state index contributed by atoms with van der Waals surface area (Å²) in [5, 5.41) is 3.30. The molecule has 0 radical (unpaired) electrons. The largest absolute Gasteiger partial charge is 0.365 e. The first-order chi connectivity index (χ1) is 8.90. The Labute approximate surface area is 119 Å². The van der Waals surface area contributed by atoms with E-state index in [4.69, 9.17) is 5.73 Å². The van der Waals surface area contributed by atoms with E-state index >= 15 is 0 Å². The van der Waals surface area contributed by atoms with Crippen LogP contribution in [0, 0.1) is 20.8 Å². The number of rotatable bonds is 3. The molecule has 4 nitrogen and oxygen atoms in total. The number of hydrogen-bond donors (Lipinski definition) is 2. The molecule has 0 aromatic carbocycles. The molecule has 0 saturated carbocycles. The van der Waals surface area contributed by atoms with E-state index in [2.05, 4.69) is 5.32 Å². The van der Waals surface area contributed by atoms with Gasteiger partial charge in [0.15, 0.2) is 0 Å². The third-order valence-electron chi connectivity index (χ3n) is 2.82. The highest BCUT2D eigenvalue weighted by Crippen LogP contribution is 2.32. The first-order valence-electron chi connectivity index (χ1n) is 5.67. The van der Waals surface area contributed by atoms with Gasteiger partial charge in [0.2, 0.25) is 0 Å². The average Bonchev–Trinajstić information content (AvgIpc) is 2.85. The molecular formula is C13H14N2O2S2. The number of aryl methyl sites for hydroxylation is 2. The van der Waals surface area contributed by atoms with Crippen molar-refractivity contribution in [3.63, 3.8) is 0 Å². The number of carbonyl (C=O) groups excluding carboxylic acids is 2. The molecule has 2 aromatic heterocycles. The topological polar surface area (TPSA) is 72.2 Å². The third kappa shape index (κ3) is 2.69. The Kier molecular flexibility index (Phi) is 3.73. The number of nitrogens with two attached hydrogens (primary N) is 1. The monoisotopic (exact) mass is 294 g/mol. The van der Waals surface area contributed by atoms with Crippen molar-refractivity contribution in [2.75, 3.05) is 5.32 Å². The molecule has 0 spiro atoms. The molecule has 0 aliphatic carbocycles. The van der Waals surface area contributed by atoms with E-state index < -0.39 is 5.91 Å². The lowest BCUT2D eigenvalue weighted by Gasteiger charge is -2.03. The van der Waals surface area contributed by atoms with E-state index in [1.807, 2.05) is 26.8 Å². The Morgan fingerprint density at radius 2 is 1.84 bits per heavy atom. The minimum absolute atomic E-state index is 0.207. The van der Waals surface area contributed by atoms with Crippen LogP contribution in [0.2, 0.25) is 0 Å². The summed E-state index contributed by atoms with van der Waals surface area (Å²) in [6, 6.07) is 3.66. The van der Waals surface area contributed by atoms with Gasteiger partial charge in [0.25, 0.3) is 11.8 Å². The van der Waals surface area contributed by atoms with Gasteiger partial charge in [0.1, 0.15) is 5.00 Å². The van der Waals surface area contributed by atoms with Crippen molar-refractivity contribution in [2.24, 2.45) is 5.73 Å². The summed E-state index contributed by atoms with van der Waals surface area (Å²) in [5.41, 5.74) is 6.60. The maximum Gasteiger partial charge on any atom is 0.266 e.